The van der Waals surface area contributed by atoms with Gasteiger partial charge in [-0.2, -0.15) is 0 Å². The van der Waals surface area contributed by atoms with Crippen LogP contribution in [0, 0.1) is 0 Å². The number of benzene rings is 1. The van der Waals surface area contributed by atoms with Crippen LogP contribution in [-0.4, -0.2) is 28.6 Å². The van der Waals surface area contributed by atoms with Crippen LogP contribution in [0.25, 0.3) is 11.3 Å². The zero-order valence-electron chi connectivity index (χ0n) is 11.7. The van der Waals surface area contributed by atoms with Gasteiger partial charge in [0, 0.05) is 12.2 Å². The van der Waals surface area contributed by atoms with Crippen LogP contribution < -0.4 is 5.32 Å². The summed E-state index contributed by atoms with van der Waals surface area (Å²) in [6, 6.07) is 11.8. The molecule has 3 rings (SSSR count). The van der Waals surface area contributed by atoms with Crippen LogP contribution in [0.3, 0.4) is 0 Å². The van der Waals surface area contributed by atoms with Gasteiger partial charge in [-0.25, -0.2) is 9.97 Å². The molecule has 1 unspecified atom stereocenters. The Kier molecular flexibility index (Phi) is 4.21. The van der Waals surface area contributed by atoms with Crippen LogP contribution >= 0.6 is 0 Å². The predicted molar refractivity (Wildman–Crippen MR) is 78.3 cm³/mol. The van der Waals surface area contributed by atoms with Crippen molar-refractivity contribution in [2.24, 2.45) is 0 Å². The normalized spacial score (nSPS) is 17.6. The van der Waals surface area contributed by atoms with Gasteiger partial charge in [-0.1, -0.05) is 30.3 Å². The van der Waals surface area contributed by atoms with Gasteiger partial charge in [-0.15, -0.1) is 0 Å². The smallest absolute Gasteiger partial charge is 0.249 e. The van der Waals surface area contributed by atoms with E-state index in [4.69, 9.17) is 4.74 Å². The molecule has 1 N–H and O–H groups in total. The van der Waals surface area contributed by atoms with Crippen molar-refractivity contribution in [2.75, 3.05) is 6.61 Å². The maximum Gasteiger partial charge on any atom is 0.249 e. The third kappa shape index (κ3) is 3.44. The van der Waals surface area contributed by atoms with Crippen molar-refractivity contribution >= 4 is 5.91 Å². The molecule has 1 amide bonds. The average molecular weight is 283 g/mol. The lowest BCUT2D eigenvalue weighted by Crippen LogP contribution is -2.33. The minimum atomic E-state index is -0.305. The topological polar surface area (TPSA) is 64.1 Å². The SMILES string of the molecule is O=C(NCc1cc(-c2ccccc2)ncn1)C1CCCO1. The van der Waals surface area contributed by atoms with Gasteiger partial charge in [0.15, 0.2) is 0 Å². The number of amides is 1. The van der Waals surface area contributed by atoms with Crippen molar-refractivity contribution in [1.82, 2.24) is 15.3 Å². The van der Waals surface area contributed by atoms with E-state index in [0.29, 0.717) is 13.2 Å². The van der Waals surface area contributed by atoms with Crippen molar-refractivity contribution in [3.05, 3.63) is 48.4 Å². The summed E-state index contributed by atoms with van der Waals surface area (Å²) in [6.07, 6.45) is 2.96. The molecule has 1 saturated heterocycles. The molecular formula is C16H17N3O2. The summed E-state index contributed by atoms with van der Waals surface area (Å²) in [5.41, 5.74) is 2.67. The maximum atomic E-state index is 11.9. The first-order valence-corrected chi connectivity index (χ1v) is 7.08. The first kappa shape index (κ1) is 13.7. The monoisotopic (exact) mass is 283 g/mol. The number of nitrogens with zero attached hydrogens (tertiary/aromatic N) is 2. The quantitative estimate of drug-likeness (QED) is 0.931. The summed E-state index contributed by atoms with van der Waals surface area (Å²) >= 11 is 0. The lowest BCUT2D eigenvalue weighted by Gasteiger charge is -2.10. The van der Waals surface area contributed by atoms with E-state index in [1.54, 1.807) is 0 Å². The summed E-state index contributed by atoms with van der Waals surface area (Å²) in [5.74, 6) is -0.0626. The van der Waals surface area contributed by atoms with E-state index in [9.17, 15) is 4.79 Å². The number of aromatic nitrogens is 2. The molecule has 5 nitrogen and oxygen atoms in total. The highest BCUT2D eigenvalue weighted by Gasteiger charge is 2.23. The molecule has 0 aliphatic carbocycles. The molecule has 1 aliphatic rings. The highest BCUT2D eigenvalue weighted by molar-refractivity contribution is 5.80. The van der Waals surface area contributed by atoms with Crippen LogP contribution in [0.15, 0.2) is 42.7 Å². The molecule has 2 heterocycles. The second kappa shape index (κ2) is 6.45. The van der Waals surface area contributed by atoms with Gasteiger partial charge in [0.2, 0.25) is 5.91 Å². The number of ether oxygens (including phenoxy) is 1. The Labute approximate surface area is 123 Å². The molecule has 1 atom stereocenters. The molecule has 1 aliphatic heterocycles. The molecule has 2 aromatic rings. The predicted octanol–water partition coefficient (Wildman–Crippen LogP) is 1.94. The fraction of sp³-hybridized carbons (Fsp3) is 0.312. The molecular weight excluding hydrogens is 266 g/mol. The molecule has 0 radical (unpaired) electrons. The summed E-state index contributed by atoms with van der Waals surface area (Å²) in [4.78, 5) is 20.4. The van der Waals surface area contributed by atoms with Crippen molar-refractivity contribution in [3.8, 4) is 11.3 Å². The molecule has 1 fully saturated rings. The molecule has 0 bridgehead atoms. The first-order chi connectivity index (χ1) is 10.3. The summed E-state index contributed by atoms with van der Waals surface area (Å²) in [7, 11) is 0. The first-order valence-electron chi connectivity index (χ1n) is 7.08. The number of rotatable bonds is 4. The van der Waals surface area contributed by atoms with E-state index in [-0.39, 0.29) is 12.0 Å². The zero-order valence-corrected chi connectivity index (χ0v) is 11.7. The number of carbonyl (C=O) groups is 1. The number of nitrogens with one attached hydrogen (secondary N) is 1. The van der Waals surface area contributed by atoms with Crippen molar-refractivity contribution < 1.29 is 9.53 Å². The second-order valence-electron chi connectivity index (χ2n) is 4.98. The minimum absolute atomic E-state index is 0.0626. The van der Waals surface area contributed by atoms with E-state index >= 15 is 0 Å². The lowest BCUT2D eigenvalue weighted by molar-refractivity contribution is -0.130. The average Bonchev–Trinajstić information content (AvgIpc) is 3.08. The third-order valence-electron chi connectivity index (χ3n) is 3.46. The molecule has 1 aromatic carbocycles. The van der Waals surface area contributed by atoms with Crippen LogP contribution in [0.5, 0.6) is 0 Å². The van der Waals surface area contributed by atoms with E-state index in [0.717, 1.165) is 29.8 Å². The zero-order chi connectivity index (χ0) is 14.5. The van der Waals surface area contributed by atoms with Gasteiger partial charge in [-0.3, -0.25) is 4.79 Å². The van der Waals surface area contributed by atoms with E-state index in [1.807, 2.05) is 36.4 Å². The Bertz CT molecular complexity index is 610. The Morgan fingerprint density at radius 1 is 1.29 bits per heavy atom. The van der Waals surface area contributed by atoms with Crippen LogP contribution in [0.1, 0.15) is 18.5 Å². The number of carbonyl (C=O) groups excluding carboxylic acids is 1. The van der Waals surface area contributed by atoms with Gasteiger partial charge in [0.1, 0.15) is 12.4 Å². The van der Waals surface area contributed by atoms with E-state index < -0.39 is 0 Å². The molecule has 5 heteroatoms. The highest BCUT2D eigenvalue weighted by Crippen LogP contribution is 2.16. The fourth-order valence-corrected chi connectivity index (χ4v) is 2.34. The number of hydrogen-bond acceptors (Lipinski definition) is 4. The Morgan fingerprint density at radius 3 is 2.90 bits per heavy atom. The number of hydrogen-bond donors (Lipinski definition) is 1. The van der Waals surface area contributed by atoms with Crippen LogP contribution in [0.2, 0.25) is 0 Å². The van der Waals surface area contributed by atoms with Crippen molar-refractivity contribution in [1.29, 1.82) is 0 Å². The molecule has 0 spiro atoms. The summed E-state index contributed by atoms with van der Waals surface area (Å²) in [6.45, 7) is 1.06. The minimum Gasteiger partial charge on any atom is -0.368 e. The fourth-order valence-electron chi connectivity index (χ4n) is 2.34. The largest absolute Gasteiger partial charge is 0.368 e. The molecule has 0 saturated carbocycles. The van der Waals surface area contributed by atoms with Crippen molar-refractivity contribution in [2.45, 2.75) is 25.5 Å². The maximum absolute atomic E-state index is 11.9. The molecule has 21 heavy (non-hydrogen) atoms. The lowest BCUT2D eigenvalue weighted by atomic mass is 10.1. The Hall–Kier alpha value is -2.27. The molecule has 108 valence electrons. The van der Waals surface area contributed by atoms with Crippen molar-refractivity contribution in [3.63, 3.8) is 0 Å². The van der Waals surface area contributed by atoms with Gasteiger partial charge >= 0.3 is 0 Å². The standard InChI is InChI=1S/C16H17N3O2/c20-16(15-7-4-8-21-15)17-10-13-9-14(19-11-18-13)12-5-2-1-3-6-12/h1-3,5-6,9,11,15H,4,7-8,10H2,(H,17,20). The van der Waals surface area contributed by atoms with Gasteiger partial charge in [0.25, 0.3) is 0 Å². The van der Waals surface area contributed by atoms with E-state index in [1.165, 1.54) is 6.33 Å². The van der Waals surface area contributed by atoms with Gasteiger partial charge in [-0.05, 0) is 18.9 Å². The summed E-state index contributed by atoms with van der Waals surface area (Å²) < 4.78 is 5.35. The molecule has 1 aromatic heterocycles. The highest BCUT2D eigenvalue weighted by atomic mass is 16.5. The van der Waals surface area contributed by atoms with Gasteiger partial charge < -0.3 is 10.1 Å². The van der Waals surface area contributed by atoms with Crippen LogP contribution in [-0.2, 0) is 16.1 Å². The Balaban J connectivity index is 1.65. The van der Waals surface area contributed by atoms with Gasteiger partial charge in [0.05, 0.1) is 17.9 Å². The third-order valence-corrected chi connectivity index (χ3v) is 3.46. The van der Waals surface area contributed by atoms with Crippen LogP contribution in [0.4, 0.5) is 0 Å². The van der Waals surface area contributed by atoms with E-state index in [2.05, 4.69) is 15.3 Å². The Morgan fingerprint density at radius 2 is 2.14 bits per heavy atom. The second-order valence-corrected chi connectivity index (χ2v) is 4.98. The summed E-state index contributed by atoms with van der Waals surface area (Å²) in [5, 5.41) is 2.87.